The maximum Gasteiger partial charge on any atom is 0.213 e. The molecule has 1 aliphatic rings. The third-order valence-electron chi connectivity index (χ3n) is 4.06. The van der Waals surface area contributed by atoms with Crippen molar-refractivity contribution >= 4 is 15.9 Å². The van der Waals surface area contributed by atoms with Crippen LogP contribution in [-0.2, 0) is 6.54 Å². The fourth-order valence-corrected chi connectivity index (χ4v) is 3.17. The van der Waals surface area contributed by atoms with Gasteiger partial charge in [-0.15, -0.1) is 0 Å². The van der Waals surface area contributed by atoms with Crippen LogP contribution in [0, 0.1) is 0 Å². The molecule has 1 aromatic heterocycles. The van der Waals surface area contributed by atoms with E-state index in [9.17, 15) is 0 Å². The van der Waals surface area contributed by atoms with Gasteiger partial charge in [0, 0.05) is 29.3 Å². The predicted molar refractivity (Wildman–Crippen MR) is 87.5 cm³/mol. The first-order valence-corrected chi connectivity index (χ1v) is 8.01. The first kappa shape index (κ1) is 14.5. The number of hydrogen-bond acceptors (Lipinski definition) is 3. The highest BCUT2D eigenvalue weighted by Gasteiger charge is 2.29. The summed E-state index contributed by atoms with van der Waals surface area (Å²) in [6.07, 6.45) is 4.21. The number of hydrogen-bond donors (Lipinski definition) is 1. The van der Waals surface area contributed by atoms with Crippen molar-refractivity contribution in [3.8, 4) is 5.88 Å². The van der Waals surface area contributed by atoms with Crippen molar-refractivity contribution in [2.24, 2.45) is 0 Å². The highest BCUT2D eigenvalue weighted by atomic mass is 79.9. The van der Waals surface area contributed by atoms with Crippen LogP contribution in [-0.4, -0.2) is 18.1 Å². The fourth-order valence-electron chi connectivity index (χ4n) is 2.75. The molecule has 0 unspecified atom stereocenters. The van der Waals surface area contributed by atoms with Gasteiger partial charge < -0.3 is 10.1 Å². The lowest BCUT2D eigenvalue weighted by molar-refractivity contribution is 0.289. The summed E-state index contributed by atoms with van der Waals surface area (Å²) in [5.41, 5.74) is 2.65. The van der Waals surface area contributed by atoms with Crippen LogP contribution < -0.4 is 10.1 Å². The van der Waals surface area contributed by atoms with Gasteiger partial charge >= 0.3 is 0 Å². The van der Waals surface area contributed by atoms with Crippen molar-refractivity contribution in [3.63, 3.8) is 0 Å². The number of halogens is 1. The van der Waals surface area contributed by atoms with E-state index >= 15 is 0 Å². The van der Waals surface area contributed by atoms with Crippen LogP contribution in [0.15, 0.2) is 47.1 Å². The van der Waals surface area contributed by atoms with Crippen LogP contribution in [0.5, 0.6) is 5.88 Å². The summed E-state index contributed by atoms with van der Waals surface area (Å²) >= 11 is 3.54. The molecule has 0 aliphatic heterocycles. The van der Waals surface area contributed by atoms with E-state index < -0.39 is 0 Å². The zero-order valence-corrected chi connectivity index (χ0v) is 13.6. The number of pyridine rings is 1. The van der Waals surface area contributed by atoms with Gasteiger partial charge in [-0.05, 0) is 48.1 Å². The Morgan fingerprint density at radius 2 is 2.14 bits per heavy atom. The highest BCUT2D eigenvalue weighted by molar-refractivity contribution is 9.10. The molecule has 1 aliphatic carbocycles. The molecule has 3 rings (SSSR count). The number of methoxy groups -OCH3 is 1. The van der Waals surface area contributed by atoms with Crippen molar-refractivity contribution in [2.45, 2.75) is 31.3 Å². The van der Waals surface area contributed by atoms with Crippen molar-refractivity contribution in [2.75, 3.05) is 7.11 Å². The number of rotatable bonds is 5. The monoisotopic (exact) mass is 346 g/mol. The van der Waals surface area contributed by atoms with Crippen LogP contribution in [0.1, 0.15) is 29.9 Å². The van der Waals surface area contributed by atoms with Crippen LogP contribution >= 0.6 is 15.9 Å². The number of nitrogens with zero attached hydrogens (tertiary/aromatic N) is 1. The molecule has 0 amide bonds. The molecule has 1 saturated carbocycles. The minimum atomic E-state index is 0.605. The summed E-state index contributed by atoms with van der Waals surface area (Å²) in [6, 6.07) is 13.3. The molecule has 110 valence electrons. The minimum Gasteiger partial charge on any atom is -0.481 e. The Morgan fingerprint density at radius 1 is 1.29 bits per heavy atom. The van der Waals surface area contributed by atoms with E-state index in [-0.39, 0.29) is 0 Å². The average molecular weight is 347 g/mol. The third-order valence-corrected chi connectivity index (χ3v) is 4.55. The van der Waals surface area contributed by atoms with E-state index in [1.165, 1.54) is 28.4 Å². The quantitative estimate of drug-likeness (QED) is 0.891. The summed E-state index contributed by atoms with van der Waals surface area (Å²) in [5, 5.41) is 3.61. The Kier molecular flexibility index (Phi) is 4.56. The molecule has 1 fully saturated rings. The molecule has 4 heteroatoms. The Balaban J connectivity index is 1.49. The van der Waals surface area contributed by atoms with Gasteiger partial charge in [-0.2, -0.15) is 0 Å². The lowest BCUT2D eigenvalue weighted by Crippen LogP contribution is -2.39. The van der Waals surface area contributed by atoms with Gasteiger partial charge in [-0.1, -0.05) is 28.1 Å². The number of aromatic nitrogens is 1. The second-order valence-electron chi connectivity index (χ2n) is 5.51. The Hall–Kier alpha value is -1.39. The number of nitrogens with one attached hydrogen (secondary N) is 1. The molecule has 1 N–H and O–H groups in total. The zero-order valence-electron chi connectivity index (χ0n) is 12.1. The summed E-state index contributed by atoms with van der Waals surface area (Å²) in [5.74, 6) is 1.36. The van der Waals surface area contributed by atoms with Crippen LogP contribution in [0.4, 0.5) is 0 Å². The molecule has 0 saturated heterocycles. The molecule has 0 atom stereocenters. The topological polar surface area (TPSA) is 34.1 Å². The second-order valence-corrected chi connectivity index (χ2v) is 6.42. The lowest BCUT2D eigenvalue weighted by Gasteiger charge is -2.36. The molecular formula is C17H19BrN2O. The normalized spacial score (nSPS) is 20.9. The van der Waals surface area contributed by atoms with E-state index in [0.29, 0.717) is 17.8 Å². The molecule has 3 nitrogen and oxygen atoms in total. The van der Waals surface area contributed by atoms with Crippen molar-refractivity contribution < 1.29 is 4.74 Å². The summed E-state index contributed by atoms with van der Waals surface area (Å²) in [6.45, 7) is 0.870. The predicted octanol–water partition coefficient (Wildman–Crippen LogP) is 3.89. The molecule has 0 bridgehead atoms. The van der Waals surface area contributed by atoms with Gasteiger partial charge in [0.15, 0.2) is 0 Å². The zero-order chi connectivity index (χ0) is 14.7. The largest absolute Gasteiger partial charge is 0.481 e. The first-order chi connectivity index (χ1) is 10.2. The van der Waals surface area contributed by atoms with Crippen LogP contribution in [0.2, 0.25) is 0 Å². The maximum absolute atomic E-state index is 5.14. The molecule has 1 heterocycles. The van der Waals surface area contributed by atoms with Gasteiger partial charge in [-0.3, -0.25) is 0 Å². The van der Waals surface area contributed by atoms with E-state index in [2.05, 4.69) is 50.5 Å². The first-order valence-electron chi connectivity index (χ1n) is 7.22. The van der Waals surface area contributed by atoms with Crippen molar-refractivity contribution in [3.05, 3.63) is 58.2 Å². The van der Waals surface area contributed by atoms with Gasteiger partial charge in [0.2, 0.25) is 5.88 Å². The maximum atomic E-state index is 5.14. The Labute approximate surface area is 133 Å². The number of benzene rings is 1. The summed E-state index contributed by atoms with van der Waals surface area (Å²) in [4.78, 5) is 4.12. The van der Waals surface area contributed by atoms with E-state index in [1.807, 2.05) is 12.1 Å². The summed E-state index contributed by atoms with van der Waals surface area (Å²) < 4.78 is 6.31. The molecule has 21 heavy (non-hydrogen) atoms. The fraction of sp³-hybridized carbons (Fsp3) is 0.353. The summed E-state index contributed by atoms with van der Waals surface area (Å²) in [7, 11) is 1.65. The standard InChI is InChI=1S/C17H19BrN2O/c1-21-17-7-12(5-6-19-17)11-20-16-9-14(10-16)13-3-2-4-15(18)8-13/h2-8,14,16,20H,9-11H2,1H3. The van der Waals surface area contributed by atoms with Crippen LogP contribution in [0.25, 0.3) is 0 Å². The molecule has 0 radical (unpaired) electrons. The number of ether oxygens (including phenoxy) is 1. The Bertz CT molecular complexity index is 611. The highest BCUT2D eigenvalue weighted by Crippen LogP contribution is 2.37. The molecule has 0 spiro atoms. The second kappa shape index (κ2) is 6.58. The Morgan fingerprint density at radius 3 is 2.90 bits per heavy atom. The van der Waals surface area contributed by atoms with Gasteiger partial charge in [-0.25, -0.2) is 4.98 Å². The third kappa shape index (κ3) is 3.63. The molecular weight excluding hydrogens is 328 g/mol. The van der Waals surface area contributed by atoms with E-state index in [4.69, 9.17) is 4.74 Å². The van der Waals surface area contributed by atoms with Gasteiger partial charge in [0.25, 0.3) is 0 Å². The average Bonchev–Trinajstić information content (AvgIpc) is 2.46. The molecule has 2 aromatic rings. The van der Waals surface area contributed by atoms with E-state index in [1.54, 1.807) is 13.3 Å². The van der Waals surface area contributed by atoms with E-state index in [0.717, 1.165) is 6.54 Å². The van der Waals surface area contributed by atoms with Crippen LogP contribution in [0.3, 0.4) is 0 Å². The smallest absolute Gasteiger partial charge is 0.213 e. The molecule has 1 aromatic carbocycles. The van der Waals surface area contributed by atoms with Crippen molar-refractivity contribution in [1.29, 1.82) is 0 Å². The van der Waals surface area contributed by atoms with Gasteiger partial charge in [0.1, 0.15) is 0 Å². The van der Waals surface area contributed by atoms with Crippen molar-refractivity contribution in [1.82, 2.24) is 10.3 Å². The lowest BCUT2D eigenvalue weighted by atomic mass is 9.76. The SMILES string of the molecule is COc1cc(CNC2CC(c3cccc(Br)c3)C2)ccn1. The van der Waals surface area contributed by atoms with Gasteiger partial charge in [0.05, 0.1) is 7.11 Å². The minimum absolute atomic E-state index is 0.605.